The fourth-order valence-electron chi connectivity index (χ4n) is 3.18. The van der Waals surface area contributed by atoms with Crippen LogP contribution in [-0.4, -0.2) is 31.6 Å². The highest BCUT2D eigenvalue weighted by Crippen LogP contribution is 2.37. The molecular formula is C19H22ClNO2S2. The highest BCUT2D eigenvalue weighted by Gasteiger charge is 2.29. The van der Waals surface area contributed by atoms with Crippen LogP contribution in [0.3, 0.4) is 0 Å². The van der Waals surface area contributed by atoms with E-state index < -0.39 is 10.0 Å². The number of rotatable bonds is 3. The number of sulfonamides is 1. The molecule has 1 unspecified atom stereocenters. The highest BCUT2D eigenvalue weighted by atomic mass is 35.5. The molecule has 6 heteroatoms. The Morgan fingerprint density at radius 3 is 2.60 bits per heavy atom. The maximum atomic E-state index is 13.1. The Bertz CT molecular complexity index is 867. The van der Waals surface area contributed by atoms with Gasteiger partial charge < -0.3 is 0 Å². The Morgan fingerprint density at radius 1 is 1.08 bits per heavy atom. The predicted molar refractivity (Wildman–Crippen MR) is 106 cm³/mol. The van der Waals surface area contributed by atoms with Gasteiger partial charge >= 0.3 is 0 Å². The van der Waals surface area contributed by atoms with Crippen molar-refractivity contribution in [3.05, 3.63) is 64.2 Å². The van der Waals surface area contributed by atoms with E-state index in [9.17, 15) is 8.42 Å². The van der Waals surface area contributed by atoms with Crippen molar-refractivity contribution in [2.45, 2.75) is 30.4 Å². The summed E-state index contributed by atoms with van der Waals surface area (Å²) in [6.45, 7) is 4.98. The van der Waals surface area contributed by atoms with Crippen LogP contribution in [0, 0.1) is 13.8 Å². The molecule has 0 aliphatic carbocycles. The van der Waals surface area contributed by atoms with Gasteiger partial charge in [0.2, 0.25) is 10.0 Å². The standard InChI is InChI=1S/C19H22ClNO2S2/c1-14-5-3-4-6-17(14)18-9-10-21(11-12-24-18)25(22,23)19-13-16(20)8-7-15(19)2/h3-8,13,18H,9-12H2,1-2H3. The molecule has 2 aromatic carbocycles. The largest absolute Gasteiger partial charge is 0.243 e. The third-order valence-electron chi connectivity index (χ3n) is 4.60. The average molecular weight is 396 g/mol. The SMILES string of the molecule is Cc1ccccc1C1CCN(S(=O)(=O)c2cc(Cl)ccc2C)CCS1. The lowest BCUT2D eigenvalue weighted by Gasteiger charge is -2.21. The van der Waals surface area contributed by atoms with Crippen molar-refractivity contribution >= 4 is 33.4 Å². The third-order valence-corrected chi connectivity index (χ3v) is 8.19. The molecule has 1 heterocycles. The Kier molecular flexibility index (Phi) is 5.78. The van der Waals surface area contributed by atoms with Crippen molar-refractivity contribution in [2.24, 2.45) is 0 Å². The van der Waals surface area contributed by atoms with Crippen LogP contribution < -0.4 is 0 Å². The molecule has 0 saturated carbocycles. The minimum atomic E-state index is -3.52. The van der Waals surface area contributed by atoms with Gasteiger partial charge in [0.25, 0.3) is 0 Å². The molecule has 1 atom stereocenters. The van der Waals surface area contributed by atoms with Crippen LogP contribution >= 0.6 is 23.4 Å². The predicted octanol–water partition coefficient (Wildman–Crippen LogP) is 4.83. The van der Waals surface area contributed by atoms with Crippen molar-refractivity contribution < 1.29 is 8.42 Å². The monoisotopic (exact) mass is 395 g/mol. The molecule has 0 aromatic heterocycles. The second-order valence-corrected chi connectivity index (χ2v) is 9.97. The van der Waals surface area contributed by atoms with E-state index in [0.717, 1.165) is 17.7 Å². The fraction of sp³-hybridized carbons (Fsp3) is 0.368. The summed E-state index contributed by atoms with van der Waals surface area (Å²) in [6.07, 6.45) is 0.814. The molecule has 3 rings (SSSR count). The average Bonchev–Trinajstić information content (AvgIpc) is 2.84. The van der Waals surface area contributed by atoms with Crippen LogP contribution in [0.2, 0.25) is 5.02 Å². The second kappa shape index (κ2) is 7.70. The Morgan fingerprint density at radius 2 is 1.84 bits per heavy atom. The molecule has 1 fully saturated rings. The molecule has 2 aromatic rings. The number of hydrogen-bond acceptors (Lipinski definition) is 3. The first-order valence-electron chi connectivity index (χ1n) is 8.33. The quantitative estimate of drug-likeness (QED) is 0.747. The van der Waals surface area contributed by atoms with E-state index in [1.165, 1.54) is 11.1 Å². The van der Waals surface area contributed by atoms with Crippen molar-refractivity contribution in [1.82, 2.24) is 4.31 Å². The van der Waals surface area contributed by atoms with Gasteiger partial charge in [-0.25, -0.2) is 8.42 Å². The zero-order chi connectivity index (χ0) is 18.0. The van der Waals surface area contributed by atoms with Gasteiger partial charge in [-0.05, 0) is 49.1 Å². The summed E-state index contributed by atoms with van der Waals surface area (Å²) in [5.41, 5.74) is 3.31. The van der Waals surface area contributed by atoms with E-state index in [1.54, 1.807) is 22.5 Å². The molecule has 0 radical (unpaired) electrons. The second-order valence-electron chi connectivity index (χ2n) is 6.32. The van der Waals surface area contributed by atoms with Gasteiger partial charge in [-0.1, -0.05) is 41.9 Å². The first-order valence-corrected chi connectivity index (χ1v) is 11.2. The zero-order valence-corrected chi connectivity index (χ0v) is 16.8. The van der Waals surface area contributed by atoms with E-state index in [0.29, 0.717) is 28.3 Å². The van der Waals surface area contributed by atoms with Crippen LogP contribution in [0.25, 0.3) is 0 Å². The topological polar surface area (TPSA) is 37.4 Å². The van der Waals surface area contributed by atoms with Crippen LogP contribution in [0.1, 0.15) is 28.4 Å². The summed E-state index contributed by atoms with van der Waals surface area (Å²) in [6, 6.07) is 13.4. The molecule has 1 aliphatic rings. The zero-order valence-electron chi connectivity index (χ0n) is 14.4. The molecule has 0 spiro atoms. The highest BCUT2D eigenvalue weighted by molar-refractivity contribution is 7.99. The summed E-state index contributed by atoms with van der Waals surface area (Å²) >= 11 is 7.87. The van der Waals surface area contributed by atoms with Crippen LogP contribution in [-0.2, 0) is 10.0 Å². The summed E-state index contributed by atoms with van der Waals surface area (Å²) in [7, 11) is -3.52. The maximum Gasteiger partial charge on any atom is 0.243 e. The molecule has 0 bridgehead atoms. The molecule has 3 nitrogen and oxygen atoms in total. The molecule has 0 amide bonds. The summed E-state index contributed by atoms with van der Waals surface area (Å²) in [5.74, 6) is 0.790. The summed E-state index contributed by atoms with van der Waals surface area (Å²) in [4.78, 5) is 0.319. The van der Waals surface area contributed by atoms with Crippen LogP contribution in [0.4, 0.5) is 0 Å². The summed E-state index contributed by atoms with van der Waals surface area (Å²) < 4.78 is 27.8. The Hall–Kier alpha value is -1.01. The molecule has 134 valence electrons. The van der Waals surface area contributed by atoms with Gasteiger partial charge in [-0.15, -0.1) is 0 Å². The molecule has 1 saturated heterocycles. The lowest BCUT2D eigenvalue weighted by molar-refractivity contribution is 0.427. The first kappa shape index (κ1) is 18.8. The first-order chi connectivity index (χ1) is 11.9. The number of thioether (sulfide) groups is 1. The van der Waals surface area contributed by atoms with Gasteiger partial charge in [0.05, 0.1) is 4.90 Å². The van der Waals surface area contributed by atoms with Crippen LogP contribution in [0.5, 0.6) is 0 Å². The Balaban J connectivity index is 1.83. The number of aryl methyl sites for hydroxylation is 2. The van der Waals surface area contributed by atoms with Crippen molar-refractivity contribution in [3.63, 3.8) is 0 Å². The van der Waals surface area contributed by atoms with Gasteiger partial charge in [0.1, 0.15) is 0 Å². The lowest BCUT2D eigenvalue weighted by Crippen LogP contribution is -2.33. The van der Waals surface area contributed by atoms with Gasteiger partial charge in [-0.3, -0.25) is 0 Å². The normalized spacial score (nSPS) is 19.6. The minimum absolute atomic E-state index is 0.319. The summed E-state index contributed by atoms with van der Waals surface area (Å²) in [5, 5.41) is 0.785. The molecule has 1 aliphatic heterocycles. The smallest absolute Gasteiger partial charge is 0.207 e. The number of benzene rings is 2. The number of halogens is 1. The minimum Gasteiger partial charge on any atom is -0.207 e. The van der Waals surface area contributed by atoms with E-state index >= 15 is 0 Å². The number of hydrogen-bond donors (Lipinski definition) is 0. The molecule has 25 heavy (non-hydrogen) atoms. The molecule has 0 N–H and O–H groups in total. The van der Waals surface area contributed by atoms with Gasteiger partial charge in [0, 0.05) is 29.1 Å². The van der Waals surface area contributed by atoms with E-state index in [1.807, 2.05) is 24.8 Å². The van der Waals surface area contributed by atoms with E-state index in [-0.39, 0.29) is 0 Å². The van der Waals surface area contributed by atoms with Crippen LogP contribution in [0.15, 0.2) is 47.4 Å². The van der Waals surface area contributed by atoms with E-state index in [2.05, 4.69) is 25.1 Å². The fourth-order valence-corrected chi connectivity index (χ4v) is 6.56. The molecular weight excluding hydrogens is 374 g/mol. The van der Waals surface area contributed by atoms with Crippen molar-refractivity contribution in [3.8, 4) is 0 Å². The van der Waals surface area contributed by atoms with E-state index in [4.69, 9.17) is 11.6 Å². The van der Waals surface area contributed by atoms with Crippen molar-refractivity contribution in [1.29, 1.82) is 0 Å². The third kappa shape index (κ3) is 4.05. The number of nitrogens with zero attached hydrogens (tertiary/aromatic N) is 1. The van der Waals surface area contributed by atoms with Gasteiger partial charge in [0.15, 0.2) is 0 Å². The van der Waals surface area contributed by atoms with Crippen molar-refractivity contribution in [2.75, 3.05) is 18.8 Å². The Labute approximate surface area is 159 Å². The lowest BCUT2D eigenvalue weighted by atomic mass is 10.0. The van der Waals surface area contributed by atoms with Gasteiger partial charge in [-0.2, -0.15) is 16.1 Å². The maximum absolute atomic E-state index is 13.1.